The molecule has 1 aromatic rings. The van der Waals surface area contributed by atoms with Crippen molar-refractivity contribution >= 4 is 21.6 Å². The highest BCUT2D eigenvalue weighted by Gasteiger charge is 2.20. The summed E-state index contributed by atoms with van der Waals surface area (Å²) in [6, 6.07) is 2.84. The zero-order valence-electron chi connectivity index (χ0n) is 7.61. The largest absolute Gasteiger partial charge is 0.495 e. The van der Waals surface area contributed by atoms with Crippen molar-refractivity contribution in [1.29, 1.82) is 0 Å². The number of nitro benzene ring substituents is 1. The highest BCUT2D eigenvalue weighted by atomic mass is 79.9. The predicted molar refractivity (Wildman–Crippen MR) is 53.9 cm³/mol. The molecular formula is C8H8BrNO4. The summed E-state index contributed by atoms with van der Waals surface area (Å²) in [5.74, 6) is 0.654. The van der Waals surface area contributed by atoms with Crippen LogP contribution in [0.5, 0.6) is 11.5 Å². The molecule has 14 heavy (non-hydrogen) atoms. The number of nitrogens with zero attached hydrogens (tertiary/aromatic N) is 1. The summed E-state index contributed by atoms with van der Waals surface area (Å²) in [5.41, 5.74) is -0.0971. The lowest BCUT2D eigenvalue weighted by atomic mass is 10.3. The second-order valence-corrected chi connectivity index (χ2v) is 3.18. The first-order valence-corrected chi connectivity index (χ1v) is 4.46. The third-order valence-electron chi connectivity index (χ3n) is 1.66. The minimum absolute atomic E-state index is 0.0971. The number of halogens is 1. The monoisotopic (exact) mass is 261 g/mol. The Balaban J connectivity index is 3.35. The van der Waals surface area contributed by atoms with Gasteiger partial charge in [-0.05, 0) is 22.0 Å². The van der Waals surface area contributed by atoms with Crippen LogP contribution in [0, 0.1) is 10.1 Å². The summed E-state index contributed by atoms with van der Waals surface area (Å²) in [4.78, 5) is 10.1. The lowest BCUT2D eigenvalue weighted by molar-refractivity contribution is -0.385. The first kappa shape index (κ1) is 10.8. The molecule has 0 bridgehead atoms. The molecule has 0 amide bonds. The van der Waals surface area contributed by atoms with Crippen molar-refractivity contribution in [3.63, 3.8) is 0 Å². The quantitative estimate of drug-likeness (QED) is 0.619. The maximum absolute atomic E-state index is 10.6. The summed E-state index contributed by atoms with van der Waals surface area (Å²) in [6.07, 6.45) is 0. The van der Waals surface area contributed by atoms with Gasteiger partial charge in [-0.1, -0.05) is 0 Å². The fraction of sp³-hybridized carbons (Fsp3) is 0.250. The number of hydrogen-bond donors (Lipinski definition) is 0. The van der Waals surface area contributed by atoms with Gasteiger partial charge >= 0.3 is 5.69 Å². The van der Waals surface area contributed by atoms with Crippen molar-refractivity contribution in [3.8, 4) is 11.5 Å². The van der Waals surface area contributed by atoms with Gasteiger partial charge in [0, 0.05) is 6.07 Å². The summed E-state index contributed by atoms with van der Waals surface area (Å²) in [7, 11) is 2.85. The van der Waals surface area contributed by atoms with Gasteiger partial charge in [-0.3, -0.25) is 10.1 Å². The zero-order valence-corrected chi connectivity index (χ0v) is 9.20. The van der Waals surface area contributed by atoms with Gasteiger partial charge in [0.05, 0.1) is 19.1 Å². The second kappa shape index (κ2) is 4.28. The fourth-order valence-corrected chi connectivity index (χ4v) is 1.68. The molecule has 0 radical (unpaired) electrons. The van der Waals surface area contributed by atoms with Crippen molar-refractivity contribution in [2.45, 2.75) is 0 Å². The Morgan fingerprint density at radius 2 is 2.00 bits per heavy atom. The normalized spacial score (nSPS) is 9.64. The van der Waals surface area contributed by atoms with E-state index >= 15 is 0 Å². The van der Waals surface area contributed by atoms with Gasteiger partial charge in [0.25, 0.3) is 0 Å². The van der Waals surface area contributed by atoms with E-state index in [0.29, 0.717) is 10.2 Å². The molecule has 0 aliphatic carbocycles. The summed E-state index contributed by atoms with van der Waals surface area (Å²) in [5, 5.41) is 10.6. The average molecular weight is 262 g/mol. The van der Waals surface area contributed by atoms with Crippen molar-refractivity contribution in [2.24, 2.45) is 0 Å². The maximum atomic E-state index is 10.6. The Labute approximate surface area is 88.9 Å². The zero-order chi connectivity index (χ0) is 10.7. The molecule has 0 aliphatic rings. The molecule has 0 atom stereocenters. The van der Waals surface area contributed by atoms with E-state index in [9.17, 15) is 10.1 Å². The van der Waals surface area contributed by atoms with Gasteiger partial charge in [-0.25, -0.2) is 0 Å². The molecule has 1 aromatic carbocycles. The number of hydrogen-bond acceptors (Lipinski definition) is 4. The van der Waals surface area contributed by atoms with Crippen LogP contribution in [0.3, 0.4) is 0 Å². The van der Waals surface area contributed by atoms with Crippen molar-refractivity contribution in [1.82, 2.24) is 0 Å². The number of methoxy groups -OCH3 is 2. The van der Waals surface area contributed by atoms with Gasteiger partial charge in [0.2, 0.25) is 5.75 Å². The summed E-state index contributed by atoms with van der Waals surface area (Å²) < 4.78 is 10.3. The van der Waals surface area contributed by atoms with Crippen LogP contribution in [0.25, 0.3) is 0 Å². The summed E-state index contributed by atoms with van der Waals surface area (Å²) in [6.45, 7) is 0. The third-order valence-corrected chi connectivity index (χ3v) is 2.41. The van der Waals surface area contributed by atoms with E-state index in [0.717, 1.165) is 0 Å². The Morgan fingerprint density at radius 1 is 1.36 bits per heavy atom. The number of nitro groups is 1. The molecular weight excluding hydrogens is 254 g/mol. The van der Waals surface area contributed by atoms with Gasteiger partial charge in [0.1, 0.15) is 10.2 Å². The molecule has 0 aliphatic heterocycles. The molecule has 0 N–H and O–H groups in total. The first-order valence-electron chi connectivity index (χ1n) is 3.66. The minimum Gasteiger partial charge on any atom is -0.495 e. The molecule has 0 spiro atoms. The number of rotatable bonds is 3. The van der Waals surface area contributed by atoms with E-state index < -0.39 is 4.92 Å². The predicted octanol–water partition coefficient (Wildman–Crippen LogP) is 2.37. The smallest absolute Gasteiger partial charge is 0.312 e. The lowest BCUT2D eigenvalue weighted by Gasteiger charge is -2.07. The second-order valence-electron chi connectivity index (χ2n) is 2.39. The van der Waals surface area contributed by atoms with Gasteiger partial charge in [-0.15, -0.1) is 0 Å². The average Bonchev–Trinajstić information content (AvgIpc) is 2.17. The van der Waals surface area contributed by atoms with Crippen LogP contribution in [0.4, 0.5) is 5.69 Å². The first-order chi connectivity index (χ1) is 6.61. The molecule has 5 nitrogen and oxygen atoms in total. The molecule has 0 heterocycles. The van der Waals surface area contributed by atoms with E-state index in [2.05, 4.69) is 15.9 Å². The Bertz CT molecular complexity index is 367. The number of ether oxygens (including phenoxy) is 2. The van der Waals surface area contributed by atoms with Crippen LogP contribution in [0.15, 0.2) is 16.6 Å². The molecule has 0 aromatic heterocycles. The molecule has 1 rings (SSSR count). The molecule has 0 saturated heterocycles. The van der Waals surface area contributed by atoms with Gasteiger partial charge in [0.15, 0.2) is 0 Å². The third kappa shape index (κ3) is 1.79. The molecule has 76 valence electrons. The van der Waals surface area contributed by atoms with E-state index in [1.165, 1.54) is 26.4 Å². The highest BCUT2D eigenvalue weighted by Crippen LogP contribution is 2.40. The maximum Gasteiger partial charge on any atom is 0.312 e. The number of benzene rings is 1. The van der Waals surface area contributed by atoms with Crippen molar-refractivity contribution in [3.05, 3.63) is 26.7 Å². The lowest BCUT2D eigenvalue weighted by Crippen LogP contribution is -1.96. The van der Waals surface area contributed by atoms with Gasteiger partial charge in [-0.2, -0.15) is 0 Å². The van der Waals surface area contributed by atoms with Crippen LogP contribution in [-0.4, -0.2) is 19.1 Å². The van der Waals surface area contributed by atoms with Crippen molar-refractivity contribution in [2.75, 3.05) is 14.2 Å². The molecule has 0 unspecified atom stereocenters. The van der Waals surface area contributed by atoms with Crippen LogP contribution in [0.1, 0.15) is 0 Å². The standard InChI is InChI=1S/C8H8BrNO4/c1-13-6-4-3-5(10(11)12)8(14-2)7(6)9/h3-4H,1-2H3. The minimum atomic E-state index is -0.511. The Morgan fingerprint density at radius 3 is 2.43 bits per heavy atom. The highest BCUT2D eigenvalue weighted by molar-refractivity contribution is 9.10. The SMILES string of the molecule is COc1ccc([N+](=O)[O-])c(OC)c1Br. The van der Waals surface area contributed by atoms with Gasteiger partial charge < -0.3 is 9.47 Å². The van der Waals surface area contributed by atoms with Crippen LogP contribution in [-0.2, 0) is 0 Å². The summed E-state index contributed by atoms with van der Waals surface area (Å²) >= 11 is 3.17. The van der Waals surface area contributed by atoms with Crippen LogP contribution in [0.2, 0.25) is 0 Å². The Kier molecular flexibility index (Phi) is 3.29. The van der Waals surface area contributed by atoms with Crippen LogP contribution < -0.4 is 9.47 Å². The van der Waals surface area contributed by atoms with E-state index in [4.69, 9.17) is 9.47 Å². The van der Waals surface area contributed by atoms with Crippen LogP contribution >= 0.6 is 15.9 Å². The van der Waals surface area contributed by atoms with Crippen molar-refractivity contribution < 1.29 is 14.4 Å². The topological polar surface area (TPSA) is 61.6 Å². The van der Waals surface area contributed by atoms with E-state index in [-0.39, 0.29) is 11.4 Å². The Hall–Kier alpha value is -1.30. The fourth-order valence-electron chi connectivity index (χ4n) is 1.02. The molecule has 6 heteroatoms. The molecule has 0 fully saturated rings. The van der Waals surface area contributed by atoms with E-state index in [1.807, 2.05) is 0 Å². The molecule has 0 saturated carbocycles. The van der Waals surface area contributed by atoms with E-state index in [1.54, 1.807) is 0 Å².